The van der Waals surface area contributed by atoms with Gasteiger partial charge in [-0.2, -0.15) is 0 Å². The standard InChI is InChI=1S/C13H15O3.Pd/c1-13(2)10(8-12(15)16-13)7-9-3-5-11(14)6-4-9;/h3-6,10,14H,1,7-8H2,2H3;/q-1;/t10-,13+;/m0./s1. The van der Waals surface area contributed by atoms with Crippen molar-refractivity contribution in [3.8, 4) is 5.75 Å². The Bertz CT molecular complexity index is 398. The van der Waals surface area contributed by atoms with Gasteiger partial charge in [0.1, 0.15) is 5.75 Å². The Morgan fingerprint density at radius 3 is 2.53 bits per heavy atom. The summed E-state index contributed by atoms with van der Waals surface area (Å²) in [6, 6.07) is 7.00. The smallest absolute Gasteiger partial charge is 0.304 e. The van der Waals surface area contributed by atoms with Crippen molar-refractivity contribution in [1.29, 1.82) is 0 Å². The number of cyclic esters (lactones) is 1. The molecule has 0 bridgehead atoms. The van der Waals surface area contributed by atoms with Gasteiger partial charge >= 0.3 is 5.97 Å². The molecule has 96 valence electrons. The van der Waals surface area contributed by atoms with Crippen molar-refractivity contribution in [2.75, 3.05) is 0 Å². The number of carbonyl (C=O) groups is 1. The van der Waals surface area contributed by atoms with Crippen LogP contribution in [-0.4, -0.2) is 16.7 Å². The third kappa shape index (κ3) is 3.31. The Morgan fingerprint density at radius 2 is 2.06 bits per heavy atom. The molecular formula is C13H15O3Pd-. The van der Waals surface area contributed by atoms with Crippen LogP contribution in [0, 0.1) is 12.8 Å². The van der Waals surface area contributed by atoms with Crippen LogP contribution < -0.4 is 0 Å². The minimum Gasteiger partial charge on any atom is -0.508 e. The zero-order chi connectivity index (χ0) is 11.8. The number of carbonyl (C=O) groups excluding carboxylic acids is 1. The molecule has 1 N–H and O–H groups in total. The Morgan fingerprint density at radius 1 is 1.47 bits per heavy atom. The van der Waals surface area contributed by atoms with Crippen LogP contribution in [0.15, 0.2) is 24.3 Å². The summed E-state index contributed by atoms with van der Waals surface area (Å²) in [7, 11) is 0. The largest absolute Gasteiger partial charge is 0.508 e. The molecule has 0 aromatic heterocycles. The molecule has 1 fully saturated rings. The van der Waals surface area contributed by atoms with E-state index in [-0.39, 0.29) is 38.1 Å². The maximum atomic E-state index is 11.2. The van der Waals surface area contributed by atoms with Gasteiger partial charge in [0, 0.05) is 26.8 Å². The van der Waals surface area contributed by atoms with Gasteiger partial charge in [0.2, 0.25) is 0 Å². The van der Waals surface area contributed by atoms with Crippen LogP contribution in [0.25, 0.3) is 0 Å². The summed E-state index contributed by atoms with van der Waals surface area (Å²) < 4.78 is 5.16. The number of hydrogen-bond donors (Lipinski definition) is 1. The van der Waals surface area contributed by atoms with E-state index in [2.05, 4.69) is 6.92 Å². The molecule has 17 heavy (non-hydrogen) atoms. The molecule has 1 aliphatic heterocycles. The molecule has 0 aliphatic carbocycles. The van der Waals surface area contributed by atoms with Crippen LogP contribution >= 0.6 is 0 Å². The molecule has 3 nitrogen and oxygen atoms in total. The van der Waals surface area contributed by atoms with Gasteiger partial charge in [0.25, 0.3) is 0 Å². The first-order chi connectivity index (χ1) is 7.47. The van der Waals surface area contributed by atoms with Crippen LogP contribution in [0.3, 0.4) is 0 Å². The molecule has 2 rings (SSSR count). The molecule has 1 aromatic rings. The maximum Gasteiger partial charge on any atom is 0.304 e. The van der Waals surface area contributed by atoms with Crippen molar-refractivity contribution in [2.24, 2.45) is 5.92 Å². The number of benzene rings is 1. The molecule has 4 heteroatoms. The zero-order valence-electron chi connectivity index (χ0n) is 9.59. The monoisotopic (exact) mass is 325 g/mol. The van der Waals surface area contributed by atoms with E-state index in [9.17, 15) is 9.90 Å². The van der Waals surface area contributed by atoms with E-state index in [1.807, 2.05) is 19.1 Å². The molecule has 0 amide bonds. The van der Waals surface area contributed by atoms with E-state index in [4.69, 9.17) is 4.74 Å². The van der Waals surface area contributed by atoms with E-state index in [1.165, 1.54) is 0 Å². The van der Waals surface area contributed by atoms with Gasteiger partial charge in [0.15, 0.2) is 0 Å². The van der Waals surface area contributed by atoms with E-state index in [0.29, 0.717) is 6.42 Å². The van der Waals surface area contributed by atoms with Crippen LogP contribution in [0.5, 0.6) is 5.75 Å². The van der Waals surface area contributed by atoms with Crippen LogP contribution in [0.1, 0.15) is 18.9 Å². The van der Waals surface area contributed by atoms with E-state index < -0.39 is 5.60 Å². The molecule has 0 unspecified atom stereocenters. The Kier molecular flexibility index (Phi) is 4.35. The molecule has 1 heterocycles. The SMILES string of the molecule is [CH2-][C@]1(C)OC(=O)C[C@@H]1Cc1ccc(O)cc1.[Pd]. The van der Waals surface area contributed by atoms with Gasteiger partial charge in [-0.3, -0.25) is 11.7 Å². The van der Waals surface area contributed by atoms with Crippen molar-refractivity contribution in [3.05, 3.63) is 36.8 Å². The van der Waals surface area contributed by atoms with Crippen molar-refractivity contribution in [1.82, 2.24) is 0 Å². The third-order valence-electron chi connectivity index (χ3n) is 3.04. The molecular weight excluding hydrogens is 311 g/mol. The first-order valence-corrected chi connectivity index (χ1v) is 5.32. The predicted molar refractivity (Wildman–Crippen MR) is 59.8 cm³/mol. The number of phenols is 1. The molecule has 0 spiro atoms. The van der Waals surface area contributed by atoms with Crippen molar-refractivity contribution < 1.29 is 35.1 Å². The topological polar surface area (TPSA) is 46.5 Å². The number of hydrogen-bond acceptors (Lipinski definition) is 3. The van der Waals surface area contributed by atoms with Gasteiger partial charge in [-0.1, -0.05) is 19.1 Å². The fraction of sp³-hybridized carbons (Fsp3) is 0.385. The normalized spacial score (nSPS) is 27.4. The van der Waals surface area contributed by atoms with Crippen molar-refractivity contribution >= 4 is 5.97 Å². The summed E-state index contributed by atoms with van der Waals surface area (Å²) in [5, 5.41) is 9.17. The van der Waals surface area contributed by atoms with Crippen LogP contribution in [0.4, 0.5) is 0 Å². The van der Waals surface area contributed by atoms with Gasteiger partial charge in [-0.25, -0.2) is 0 Å². The summed E-state index contributed by atoms with van der Waals surface area (Å²) in [6.45, 7) is 5.76. The summed E-state index contributed by atoms with van der Waals surface area (Å²) in [6.07, 6.45) is 1.16. The number of esters is 1. The van der Waals surface area contributed by atoms with Gasteiger partial charge in [0.05, 0.1) is 0 Å². The number of aromatic hydroxyl groups is 1. The molecule has 1 saturated heterocycles. The average Bonchev–Trinajstić information content (AvgIpc) is 2.43. The Labute approximate surface area is 115 Å². The molecule has 0 saturated carbocycles. The summed E-state index contributed by atoms with van der Waals surface area (Å²) in [5.41, 5.74) is 0.450. The molecule has 1 aliphatic rings. The third-order valence-corrected chi connectivity index (χ3v) is 3.04. The zero-order valence-corrected chi connectivity index (χ0v) is 11.1. The van der Waals surface area contributed by atoms with Gasteiger partial charge in [-0.15, -0.1) is 0 Å². The number of rotatable bonds is 2. The second kappa shape index (κ2) is 5.20. The fourth-order valence-electron chi connectivity index (χ4n) is 2.01. The number of ether oxygens (including phenoxy) is 1. The Hall–Kier alpha value is -0.848. The summed E-state index contributed by atoms with van der Waals surface area (Å²) in [5.74, 6) is 0.172. The summed E-state index contributed by atoms with van der Waals surface area (Å²) >= 11 is 0. The average molecular weight is 326 g/mol. The van der Waals surface area contributed by atoms with Crippen LogP contribution in [-0.2, 0) is 36.4 Å². The quantitative estimate of drug-likeness (QED) is 0.514. The molecule has 1 aromatic carbocycles. The van der Waals surface area contributed by atoms with Gasteiger partial charge in [-0.05, 0) is 35.6 Å². The Balaban J connectivity index is 0.00000144. The minimum atomic E-state index is -0.630. The van der Waals surface area contributed by atoms with E-state index >= 15 is 0 Å². The second-order valence-corrected chi connectivity index (χ2v) is 4.56. The maximum absolute atomic E-state index is 11.2. The molecule has 0 radical (unpaired) electrons. The number of phenolic OH excluding ortho intramolecular Hbond substituents is 1. The minimum absolute atomic E-state index is 0. The first kappa shape index (κ1) is 14.2. The first-order valence-electron chi connectivity index (χ1n) is 5.32. The second-order valence-electron chi connectivity index (χ2n) is 4.56. The van der Waals surface area contributed by atoms with E-state index in [1.54, 1.807) is 12.1 Å². The van der Waals surface area contributed by atoms with Gasteiger partial charge < -0.3 is 9.84 Å². The fourth-order valence-corrected chi connectivity index (χ4v) is 2.01. The van der Waals surface area contributed by atoms with E-state index in [0.717, 1.165) is 12.0 Å². The van der Waals surface area contributed by atoms with Crippen molar-refractivity contribution in [2.45, 2.75) is 25.4 Å². The molecule has 2 atom stereocenters. The predicted octanol–water partition coefficient (Wildman–Crippen LogP) is 2.09. The summed E-state index contributed by atoms with van der Waals surface area (Å²) in [4.78, 5) is 11.2. The van der Waals surface area contributed by atoms with Crippen molar-refractivity contribution in [3.63, 3.8) is 0 Å². The van der Waals surface area contributed by atoms with Crippen LogP contribution in [0.2, 0.25) is 0 Å².